The normalized spacial score (nSPS) is 15.2. The second-order valence-electron chi connectivity index (χ2n) is 9.08. The van der Waals surface area contributed by atoms with E-state index in [2.05, 4.69) is 0 Å². The Balaban J connectivity index is 1.37. The molecule has 10 heteroatoms. The van der Waals surface area contributed by atoms with Crippen molar-refractivity contribution < 1.29 is 22.0 Å². The molecule has 37 heavy (non-hydrogen) atoms. The SMILES string of the molecule is Cc1cccc2sc(N(Cc3ccccc3)C(=O)C3CCN(S(=O)(=O)c4ccc(F)c(F)c4)CC3)nc12. The van der Waals surface area contributed by atoms with Crippen LogP contribution in [-0.2, 0) is 21.4 Å². The lowest BCUT2D eigenvalue weighted by molar-refractivity contribution is -0.123. The number of hydrogen-bond donors (Lipinski definition) is 0. The number of para-hydroxylation sites is 1. The smallest absolute Gasteiger partial charge is 0.243 e. The first-order chi connectivity index (χ1) is 17.7. The molecule has 4 aromatic rings. The summed E-state index contributed by atoms with van der Waals surface area (Å²) in [6.45, 7) is 2.55. The van der Waals surface area contributed by atoms with Crippen LogP contribution in [-0.4, -0.2) is 36.7 Å². The van der Waals surface area contributed by atoms with Gasteiger partial charge >= 0.3 is 0 Å². The maximum absolute atomic E-state index is 13.8. The molecular weight excluding hydrogens is 516 g/mol. The maximum atomic E-state index is 13.8. The Morgan fingerprint density at radius 2 is 1.76 bits per heavy atom. The lowest BCUT2D eigenvalue weighted by Gasteiger charge is -2.33. The number of nitrogens with zero attached hydrogens (tertiary/aromatic N) is 3. The van der Waals surface area contributed by atoms with Crippen LogP contribution in [0.5, 0.6) is 0 Å². The molecule has 1 amide bonds. The van der Waals surface area contributed by atoms with Crippen LogP contribution in [0.1, 0.15) is 24.0 Å². The Bertz CT molecular complexity index is 1550. The third-order valence-electron chi connectivity index (χ3n) is 6.62. The zero-order valence-electron chi connectivity index (χ0n) is 20.1. The third-order valence-corrected chi connectivity index (χ3v) is 9.56. The average molecular weight is 542 g/mol. The van der Waals surface area contributed by atoms with E-state index in [-0.39, 0.29) is 23.9 Å². The van der Waals surface area contributed by atoms with Crippen molar-refractivity contribution in [1.29, 1.82) is 0 Å². The van der Waals surface area contributed by atoms with Gasteiger partial charge in [-0.05, 0) is 55.2 Å². The molecule has 1 saturated heterocycles. The Kier molecular flexibility index (Phi) is 7.06. The maximum Gasteiger partial charge on any atom is 0.243 e. The van der Waals surface area contributed by atoms with Gasteiger partial charge in [0.05, 0.1) is 21.7 Å². The monoisotopic (exact) mass is 541 g/mol. The highest BCUT2D eigenvalue weighted by Crippen LogP contribution is 2.34. The van der Waals surface area contributed by atoms with Crippen LogP contribution >= 0.6 is 11.3 Å². The van der Waals surface area contributed by atoms with Gasteiger partial charge in [0, 0.05) is 19.0 Å². The topological polar surface area (TPSA) is 70.6 Å². The van der Waals surface area contributed by atoms with Crippen LogP contribution in [0.25, 0.3) is 10.2 Å². The quantitative estimate of drug-likeness (QED) is 0.323. The summed E-state index contributed by atoms with van der Waals surface area (Å²) in [6, 6.07) is 18.1. The number of thiazole rings is 1. The van der Waals surface area contributed by atoms with Gasteiger partial charge in [0.1, 0.15) is 0 Å². The molecule has 0 radical (unpaired) electrons. The molecule has 1 aliphatic heterocycles. The number of amides is 1. The van der Waals surface area contributed by atoms with Crippen molar-refractivity contribution in [3.63, 3.8) is 0 Å². The summed E-state index contributed by atoms with van der Waals surface area (Å²) >= 11 is 1.46. The van der Waals surface area contributed by atoms with E-state index < -0.39 is 27.6 Å². The average Bonchev–Trinajstić information content (AvgIpc) is 3.34. The number of halogens is 2. The highest BCUT2D eigenvalue weighted by atomic mass is 32.2. The molecule has 0 N–H and O–H groups in total. The number of benzene rings is 3. The van der Waals surface area contributed by atoms with E-state index in [1.165, 1.54) is 15.6 Å². The molecule has 0 unspecified atom stereocenters. The molecule has 1 aromatic heterocycles. The lowest BCUT2D eigenvalue weighted by atomic mass is 9.96. The largest absolute Gasteiger partial charge is 0.283 e. The van der Waals surface area contributed by atoms with Crippen molar-refractivity contribution in [2.24, 2.45) is 5.92 Å². The van der Waals surface area contributed by atoms with E-state index in [0.29, 0.717) is 30.6 Å². The van der Waals surface area contributed by atoms with Crippen molar-refractivity contribution in [1.82, 2.24) is 9.29 Å². The summed E-state index contributed by atoms with van der Waals surface area (Å²) in [5, 5.41) is 0.606. The molecule has 0 spiro atoms. The number of carbonyl (C=O) groups is 1. The molecular formula is C27H25F2N3O3S2. The van der Waals surface area contributed by atoms with E-state index in [1.807, 2.05) is 55.5 Å². The second kappa shape index (κ2) is 10.3. The zero-order chi connectivity index (χ0) is 26.2. The minimum absolute atomic E-state index is 0.106. The number of rotatable bonds is 6. The van der Waals surface area contributed by atoms with Gasteiger partial charge in [-0.25, -0.2) is 22.2 Å². The summed E-state index contributed by atoms with van der Waals surface area (Å²) in [6.07, 6.45) is 0.633. The summed E-state index contributed by atoms with van der Waals surface area (Å²) in [7, 11) is -4.00. The fourth-order valence-electron chi connectivity index (χ4n) is 4.55. The van der Waals surface area contributed by atoms with Crippen LogP contribution in [0.15, 0.2) is 71.6 Å². The van der Waals surface area contributed by atoms with Crippen LogP contribution < -0.4 is 4.90 Å². The zero-order valence-corrected chi connectivity index (χ0v) is 21.7. The minimum atomic E-state index is -4.00. The first kappa shape index (κ1) is 25.4. The summed E-state index contributed by atoms with van der Waals surface area (Å²) < 4.78 is 55.2. The molecule has 0 bridgehead atoms. The highest BCUT2D eigenvalue weighted by Gasteiger charge is 2.35. The van der Waals surface area contributed by atoms with E-state index in [1.54, 1.807) is 4.90 Å². The van der Waals surface area contributed by atoms with Gasteiger partial charge < -0.3 is 0 Å². The minimum Gasteiger partial charge on any atom is -0.283 e. The number of aryl methyl sites for hydroxylation is 1. The Hall–Kier alpha value is -3.21. The Labute approximate surface area is 218 Å². The third kappa shape index (κ3) is 5.14. The van der Waals surface area contributed by atoms with Gasteiger partial charge in [-0.1, -0.05) is 53.8 Å². The number of hydrogen-bond acceptors (Lipinski definition) is 5. The summed E-state index contributed by atoms with van der Waals surface area (Å²) in [5.74, 6) is -2.82. The fourth-order valence-corrected chi connectivity index (χ4v) is 7.08. The molecule has 2 heterocycles. The van der Waals surface area contributed by atoms with Gasteiger partial charge in [-0.3, -0.25) is 9.69 Å². The Morgan fingerprint density at radius 1 is 1.03 bits per heavy atom. The molecule has 0 aliphatic carbocycles. The number of sulfonamides is 1. The number of carbonyl (C=O) groups excluding carboxylic acids is 1. The number of anilines is 1. The van der Waals surface area contributed by atoms with Gasteiger partial charge in [0.2, 0.25) is 15.9 Å². The molecule has 1 aliphatic rings. The first-order valence-electron chi connectivity index (χ1n) is 11.9. The summed E-state index contributed by atoms with van der Waals surface area (Å²) in [5.41, 5.74) is 2.86. The number of fused-ring (bicyclic) bond motifs is 1. The van der Waals surface area contributed by atoms with E-state index in [4.69, 9.17) is 4.98 Å². The first-order valence-corrected chi connectivity index (χ1v) is 14.2. The molecule has 6 nitrogen and oxygen atoms in total. The van der Waals surface area contributed by atoms with Gasteiger partial charge in [-0.2, -0.15) is 4.31 Å². The molecule has 192 valence electrons. The van der Waals surface area contributed by atoms with Crippen molar-refractivity contribution in [3.05, 3.63) is 89.5 Å². The molecule has 5 rings (SSSR count). The van der Waals surface area contributed by atoms with Crippen molar-refractivity contribution in [3.8, 4) is 0 Å². The van der Waals surface area contributed by atoms with Gasteiger partial charge in [-0.15, -0.1) is 0 Å². The van der Waals surface area contributed by atoms with E-state index in [9.17, 15) is 22.0 Å². The van der Waals surface area contributed by atoms with Gasteiger partial charge in [0.15, 0.2) is 16.8 Å². The van der Waals surface area contributed by atoms with E-state index in [0.717, 1.165) is 33.5 Å². The highest BCUT2D eigenvalue weighted by molar-refractivity contribution is 7.89. The fraction of sp³-hybridized carbons (Fsp3) is 0.259. The number of aromatic nitrogens is 1. The van der Waals surface area contributed by atoms with Crippen LogP contribution in [0, 0.1) is 24.5 Å². The lowest BCUT2D eigenvalue weighted by Crippen LogP contribution is -2.44. The predicted molar refractivity (Wildman–Crippen MR) is 140 cm³/mol. The van der Waals surface area contributed by atoms with E-state index >= 15 is 0 Å². The standard InChI is InChI=1S/C27H25F2N3O3S2/c1-18-6-5-9-24-25(18)30-27(36-24)32(17-19-7-3-2-4-8-19)26(33)20-12-14-31(15-13-20)37(34,35)21-10-11-22(28)23(29)16-21/h2-11,16,20H,12-15,17H2,1H3. The predicted octanol–water partition coefficient (Wildman–Crippen LogP) is 5.52. The van der Waals surface area contributed by atoms with Crippen LogP contribution in [0.4, 0.5) is 13.9 Å². The molecule has 0 saturated carbocycles. The summed E-state index contributed by atoms with van der Waals surface area (Å²) in [4.78, 5) is 20.0. The van der Waals surface area contributed by atoms with Crippen molar-refractivity contribution >= 4 is 42.6 Å². The number of piperidine rings is 1. The second-order valence-corrected chi connectivity index (χ2v) is 12.0. The molecule has 3 aromatic carbocycles. The Morgan fingerprint density at radius 3 is 2.43 bits per heavy atom. The molecule has 1 fully saturated rings. The van der Waals surface area contributed by atoms with Crippen LogP contribution in [0.3, 0.4) is 0 Å². The van der Waals surface area contributed by atoms with Crippen molar-refractivity contribution in [2.75, 3.05) is 18.0 Å². The molecule has 0 atom stereocenters. The van der Waals surface area contributed by atoms with Crippen LogP contribution in [0.2, 0.25) is 0 Å². The van der Waals surface area contributed by atoms with Gasteiger partial charge in [0.25, 0.3) is 0 Å². The van der Waals surface area contributed by atoms with Crippen molar-refractivity contribution in [2.45, 2.75) is 31.2 Å².